The Morgan fingerprint density at radius 3 is 2.28 bits per heavy atom. The van der Waals surface area contributed by atoms with E-state index in [4.69, 9.17) is 4.74 Å². The summed E-state index contributed by atoms with van der Waals surface area (Å²) in [5.74, 6) is 1.27. The molecule has 0 radical (unpaired) electrons. The van der Waals surface area contributed by atoms with Gasteiger partial charge in [0.2, 0.25) is 5.91 Å². The van der Waals surface area contributed by atoms with Crippen LogP contribution in [0.5, 0.6) is 5.75 Å². The van der Waals surface area contributed by atoms with Crippen LogP contribution in [0.3, 0.4) is 0 Å². The van der Waals surface area contributed by atoms with E-state index in [1.807, 2.05) is 66.7 Å². The SMILES string of the molecule is COc1ccc(C(CC(=O)Nc2ccccn2)c2ccccc2)cc1. The molecule has 4 heteroatoms. The van der Waals surface area contributed by atoms with Crippen molar-refractivity contribution in [2.45, 2.75) is 12.3 Å². The fourth-order valence-electron chi connectivity index (χ4n) is 2.77. The van der Waals surface area contributed by atoms with E-state index in [0.29, 0.717) is 12.2 Å². The zero-order valence-corrected chi connectivity index (χ0v) is 14.1. The summed E-state index contributed by atoms with van der Waals surface area (Å²) >= 11 is 0. The second kappa shape index (κ2) is 8.11. The Morgan fingerprint density at radius 1 is 0.960 bits per heavy atom. The summed E-state index contributed by atoms with van der Waals surface area (Å²) in [4.78, 5) is 16.7. The summed E-state index contributed by atoms with van der Waals surface area (Å²) in [5.41, 5.74) is 2.17. The predicted octanol–water partition coefficient (Wildman–Crippen LogP) is 4.25. The van der Waals surface area contributed by atoms with Crippen molar-refractivity contribution in [1.29, 1.82) is 0 Å². The molecule has 0 aliphatic carbocycles. The number of hydrogen-bond donors (Lipinski definition) is 1. The van der Waals surface area contributed by atoms with Gasteiger partial charge in [-0.05, 0) is 35.4 Å². The minimum atomic E-state index is -0.0663. The van der Waals surface area contributed by atoms with Gasteiger partial charge in [0.1, 0.15) is 11.6 Å². The van der Waals surface area contributed by atoms with Gasteiger partial charge in [-0.25, -0.2) is 4.98 Å². The molecule has 3 aromatic rings. The number of nitrogens with one attached hydrogen (secondary N) is 1. The van der Waals surface area contributed by atoms with E-state index >= 15 is 0 Å². The van der Waals surface area contributed by atoms with E-state index in [1.165, 1.54) is 0 Å². The maximum Gasteiger partial charge on any atom is 0.226 e. The van der Waals surface area contributed by atoms with E-state index in [1.54, 1.807) is 19.4 Å². The molecule has 2 aromatic carbocycles. The van der Waals surface area contributed by atoms with Crippen molar-refractivity contribution in [2.24, 2.45) is 0 Å². The molecule has 1 unspecified atom stereocenters. The number of pyridine rings is 1. The Kier molecular flexibility index (Phi) is 5.42. The number of benzene rings is 2. The van der Waals surface area contributed by atoms with Crippen molar-refractivity contribution >= 4 is 11.7 Å². The standard InChI is InChI=1S/C21H20N2O2/c1-25-18-12-10-17(11-13-18)19(16-7-3-2-4-8-16)15-21(24)23-20-9-5-6-14-22-20/h2-14,19H,15H2,1H3,(H,22,23,24). The van der Waals surface area contributed by atoms with Crippen LogP contribution in [-0.4, -0.2) is 18.0 Å². The van der Waals surface area contributed by atoms with Crippen LogP contribution in [0, 0.1) is 0 Å². The minimum absolute atomic E-state index is 0.0316. The lowest BCUT2D eigenvalue weighted by Gasteiger charge is -2.18. The molecule has 1 amide bonds. The van der Waals surface area contributed by atoms with E-state index in [0.717, 1.165) is 16.9 Å². The number of ether oxygens (including phenoxy) is 1. The Bertz CT molecular complexity index is 802. The zero-order valence-electron chi connectivity index (χ0n) is 14.1. The average Bonchev–Trinajstić information content (AvgIpc) is 2.68. The summed E-state index contributed by atoms with van der Waals surface area (Å²) in [6, 6.07) is 23.3. The first kappa shape index (κ1) is 16.7. The highest BCUT2D eigenvalue weighted by Gasteiger charge is 2.18. The van der Waals surface area contributed by atoms with Gasteiger partial charge in [0.05, 0.1) is 7.11 Å². The fourth-order valence-corrected chi connectivity index (χ4v) is 2.77. The van der Waals surface area contributed by atoms with Crippen molar-refractivity contribution < 1.29 is 9.53 Å². The molecule has 0 saturated heterocycles. The number of carbonyl (C=O) groups excluding carboxylic acids is 1. The summed E-state index contributed by atoms with van der Waals surface area (Å²) in [7, 11) is 1.64. The molecule has 126 valence electrons. The molecule has 3 rings (SSSR count). The van der Waals surface area contributed by atoms with Gasteiger partial charge >= 0.3 is 0 Å². The molecule has 1 aromatic heterocycles. The van der Waals surface area contributed by atoms with Crippen LogP contribution in [0.15, 0.2) is 79.0 Å². The zero-order chi connectivity index (χ0) is 17.5. The Balaban J connectivity index is 1.82. The van der Waals surface area contributed by atoms with Crippen molar-refractivity contribution in [1.82, 2.24) is 4.98 Å². The minimum Gasteiger partial charge on any atom is -0.497 e. The first-order chi connectivity index (χ1) is 12.3. The lowest BCUT2D eigenvalue weighted by atomic mass is 9.88. The highest BCUT2D eigenvalue weighted by atomic mass is 16.5. The number of amides is 1. The maximum absolute atomic E-state index is 12.5. The third kappa shape index (κ3) is 4.44. The third-order valence-corrected chi connectivity index (χ3v) is 4.04. The Morgan fingerprint density at radius 2 is 1.64 bits per heavy atom. The van der Waals surface area contributed by atoms with E-state index in [2.05, 4.69) is 10.3 Å². The summed E-state index contributed by atoms with van der Waals surface area (Å²) in [6.07, 6.45) is 2.00. The van der Waals surface area contributed by atoms with Crippen molar-refractivity contribution in [3.8, 4) is 5.75 Å². The average molecular weight is 332 g/mol. The van der Waals surface area contributed by atoms with Crippen molar-refractivity contribution in [3.05, 3.63) is 90.1 Å². The quantitative estimate of drug-likeness (QED) is 0.734. The predicted molar refractivity (Wildman–Crippen MR) is 98.8 cm³/mol. The van der Waals surface area contributed by atoms with E-state index in [-0.39, 0.29) is 11.8 Å². The second-order valence-electron chi connectivity index (χ2n) is 5.70. The summed E-state index contributed by atoms with van der Waals surface area (Å²) in [5, 5.41) is 2.86. The first-order valence-corrected chi connectivity index (χ1v) is 8.16. The lowest BCUT2D eigenvalue weighted by Crippen LogP contribution is -2.17. The van der Waals surface area contributed by atoms with Gasteiger partial charge in [-0.15, -0.1) is 0 Å². The Labute approximate surface area is 147 Å². The van der Waals surface area contributed by atoms with Crippen LogP contribution in [-0.2, 0) is 4.79 Å². The Hall–Kier alpha value is -3.14. The number of carbonyl (C=O) groups is 1. The van der Waals surface area contributed by atoms with Gasteiger partial charge < -0.3 is 10.1 Å². The third-order valence-electron chi connectivity index (χ3n) is 4.04. The molecule has 4 nitrogen and oxygen atoms in total. The monoisotopic (exact) mass is 332 g/mol. The number of anilines is 1. The van der Waals surface area contributed by atoms with Crippen molar-refractivity contribution in [2.75, 3.05) is 12.4 Å². The number of methoxy groups -OCH3 is 1. The number of aromatic nitrogens is 1. The molecule has 1 N–H and O–H groups in total. The van der Waals surface area contributed by atoms with Gasteiger partial charge in [0.15, 0.2) is 0 Å². The summed E-state index contributed by atoms with van der Waals surface area (Å²) < 4.78 is 5.23. The molecule has 0 saturated carbocycles. The molecular weight excluding hydrogens is 312 g/mol. The topological polar surface area (TPSA) is 51.2 Å². The molecule has 0 spiro atoms. The van der Waals surface area contributed by atoms with Gasteiger partial charge in [0, 0.05) is 18.5 Å². The molecule has 25 heavy (non-hydrogen) atoms. The van der Waals surface area contributed by atoms with E-state index < -0.39 is 0 Å². The first-order valence-electron chi connectivity index (χ1n) is 8.16. The van der Waals surface area contributed by atoms with Crippen LogP contribution in [0.4, 0.5) is 5.82 Å². The van der Waals surface area contributed by atoms with Gasteiger partial charge in [-0.2, -0.15) is 0 Å². The number of hydrogen-bond acceptors (Lipinski definition) is 3. The van der Waals surface area contributed by atoms with Gasteiger partial charge in [0.25, 0.3) is 0 Å². The lowest BCUT2D eigenvalue weighted by molar-refractivity contribution is -0.116. The smallest absolute Gasteiger partial charge is 0.226 e. The largest absolute Gasteiger partial charge is 0.497 e. The van der Waals surface area contributed by atoms with Gasteiger partial charge in [-0.1, -0.05) is 48.5 Å². The van der Waals surface area contributed by atoms with Crippen LogP contribution in [0.1, 0.15) is 23.5 Å². The van der Waals surface area contributed by atoms with Crippen molar-refractivity contribution in [3.63, 3.8) is 0 Å². The highest BCUT2D eigenvalue weighted by molar-refractivity contribution is 5.90. The van der Waals surface area contributed by atoms with E-state index in [9.17, 15) is 4.79 Å². The van der Waals surface area contributed by atoms with Crippen LogP contribution >= 0.6 is 0 Å². The van der Waals surface area contributed by atoms with Gasteiger partial charge in [-0.3, -0.25) is 4.79 Å². The molecule has 0 fully saturated rings. The fraction of sp³-hybridized carbons (Fsp3) is 0.143. The summed E-state index contributed by atoms with van der Waals surface area (Å²) in [6.45, 7) is 0. The maximum atomic E-state index is 12.5. The molecule has 0 bridgehead atoms. The molecule has 1 heterocycles. The number of rotatable bonds is 6. The molecule has 1 atom stereocenters. The highest BCUT2D eigenvalue weighted by Crippen LogP contribution is 2.29. The number of nitrogens with zero attached hydrogens (tertiary/aromatic N) is 1. The second-order valence-corrected chi connectivity index (χ2v) is 5.70. The van der Waals surface area contributed by atoms with Crippen LogP contribution < -0.4 is 10.1 Å². The molecule has 0 aliphatic heterocycles. The van der Waals surface area contributed by atoms with Crippen LogP contribution in [0.2, 0.25) is 0 Å². The van der Waals surface area contributed by atoms with Crippen LogP contribution in [0.25, 0.3) is 0 Å². The molecule has 0 aliphatic rings. The normalized spacial score (nSPS) is 11.6. The molecular formula is C21H20N2O2.